The second kappa shape index (κ2) is 14.8. The van der Waals surface area contributed by atoms with E-state index in [-0.39, 0.29) is 54.7 Å². The molecule has 0 aromatic carbocycles. The Balaban J connectivity index is 1.85. The molecule has 0 bridgehead atoms. The van der Waals surface area contributed by atoms with Crippen molar-refractivity contribution in [3.05, 3.63) is 12.7 Å². The molecule has 5 atom stereocenters. The molecule has 0 radical (unpaired) electrons. The van der Waals surface area contributed by atoms with E-state index in [0.717, 1.165) is 19.3 Å². The lowest BCUT2D eigenvalue weighted by molar-refractivity contribution is -0.145. The molecule has 1 saturated heterocycles. The summed E-state index contributed by atoms with van der Waals surface area (Å²) >= 11 is 0. The molecule has 0 aromatic heterocycles. The van der Waals surface area contributed by atoms with Crippen LogP contribution in [0.15, 0.2) is 12.7 Å². The van der Waals surface area contributed by atoms with Gasteiger partial charge in [-0.15, -0.1) is 18.9 Å². The summed E-state index contributed by atoms with van der Waals surface area (Å²) in [4.78, 5) is 68.8. The third kappa shape index (κ3) is 8.95. The summed E-state index contributed by atoms with van der Waals surface area (Å²) < 4.78 is 25.3. The number of likely N-dealkylation sites (tertiary alicyclic amines) is 1. The number of hydrogen-bond donors (Lipinski definition) is 4. The molecule has 3 fully saturated rings. The number of nitrogens with zero attached hydrogens (tertiary/aromatic N) is 1. The number of carbonyl (C=O) groups excluding carboxylic acids is 5. The first-order chi connectivity index (χ1) is 21.8. The molecule has 13 heteroatoms. The molecule has 3 rings (SSSR count). The zero-order valence-corrected chi connectivity index (χ0v) is 29.6. The number of terminal acetylenes is 1. The number of sulfone groups is 1. The SMILES string of the molecule is C#CCCC(NC(=O)[C@@H]1C2C(CN1C(=O)[C@@H](NC(=O)NC1(CS(=O)(=O)CC)CCCCC1)C(C)(C)C)C2(C)C)C(=O)C(=O)NCC=C. The van der Waals surface area contributed by atoms with Crippen molar-refractivity contribution in [2.24, 2.45) is 22.7 Å². The number of rotatable bonds is 14. The maximum Gasteiger partial charge on any atom is 0.315 e. The van der Waals surface area contributed by atoms with Gasteiger partial charge >= 0.3 is 6.03 Å². The maximum atomic E-state index is 14.3. The third-order valence-electron chi connectivity index (χ3n) is 10.1. The number of hydrogen-bond acceptors (Lipinski definition) is 7. The Hall–Kier alpha value is -3.40. The van der Waals surface area contributed by atoms with E-state index in [9.17, 15) is 32.4 Å². The normalized spacial score (nSPS) is 24.0. The quantitative estimate of drug-likeness (QED) is 0.124. The lowest BCUT2D eigenvalue weighted by Crippen LogP contribution is -2.64. The van der Waals surface area contributed by atoms with Crippen LogP contribution in [0.3, 0.4) is 0 Å². The van der Waals surface area contributed by atoms with Crippen LogP contribution >= 0.6 is 0 Å². The standard InChI is InChI=1S/C34H53N5O7S/c1-9-12-16-23(26(40)29(42)35-19-10-2)36-28(41)25-24-22(33(24,7)8)20-39(25)30(43)27(32(4,5)6)37-31(44)38-34(17-14-13-15-18-34)21-47(45,46)11-3/h1,10,22-25,27H,2,11-21H2,3-8H3,(H,35,42)(H,36,41)(H2,37,38,44)/t22?,23?,24?,25-,27+/m0/s1. The van der Waals surface area contributed by atoms with Gasteiger partial charge in [-0.3, -0.25) is 19.2 Å². The molecule has 47 heavy (non-hydrogen) atoms. The Kier molecular flexibility index (Phi) is 12.0. The van der Waals surface area contributed by atoms with Crippen LogP contribution in [0.4, 0.5) is 4.79 Å². The minimum Gasteiger partial charge on any atom is -0.346 e. The van der Waals surface area contributed by atoms with Crippen molar-refractivity contribution in [3.63, 3.8) is 0 Å². The Morgan fingerprint density at radius 1 is 1.09 bits per heavy atom. The highest BCUT2D eigenvalue weighted by atomic mass is 32.2. The first-order valence-electron chi connectivity index (χ1n) is 16.6. The van der Waals surface area contributed by atoms with Crippen molar-refractivity contribution < 1.29 is 32.4 Å². The van der Waals surface area contributed by atoms with Crippen LogP contribution in [0.2, 0.25) is 0 Å². The van der Waals surface area contributed by atoms with Crippen molar-refractivity contribution in [1.29, 1.82) is 0 Å². The minimum absolute atomic E-state index is 0.0251. The Morgan fingerprint density at radius 2 is 1.72 bits per heavy atom. The summed E-state index contributed by atoms with van der Waals surface area (Å²) in [6.07, 6.45) is 10.6. The second-order valence-corrected chi connectivity index (χ2v) is 17.3. The molecule has 262 valence electrons. The van der Waals surface area contributed by atoms with E-state index in [2.05, 4.69) is 33.8 Å². The van der Waals surface area contributed by atoms with E-state index >= 15 is 0 Å². The minimum atomic E-state index is -3.40. The highest BCUT2D eigenvalue weighted by Gasteiger charge is 2.70. The fraction of sp³-hybridized carbons (Fsp3) is 0.735. The predicted octanol–water partition coefficient (Wildman–Crippen LogP) is 2.09. The molecule has 3 aliphatic rings. The van der Waals surface area contributed by atoms with Gasteiger partial charge in [-0.05, 0) is 41.9 Å². The Labute approximate surface area is 279 Å². The average Bonchev–Trinajstić information content (AvgIpc) is 3.30. The number of fused-ring (bicyclic) bond motifs is 1. The number of nitrogens with one attached hydrogen (secondary N) is 4. The largest absolute Gasteiger partial charge is 0.346 e. The molecule has 4 N–H and O–H groups in total. The monoisotopic (exact) mass is 675 g/mol. The summed E-state index contributed by atoms with van der Waals surface area (Å²) in [7, 11) is -3.40. The van der Waals surface area contributed by atoms with Crippen molar-refractivity contribution in [2.45, 2.75) is 110 Å². The molecule has 0 spiro atoms. The number of amides is 5. The van der Waals surface area contributed by atoms with Crippen molar-refractivity contribution >= 4 is 39.4 Å². The number of ketones is 1. The molecule has 3 unspecified atom stereocenters. The van der Waals surface area contributed by atoms with Gasteiger partial charge in [0.2, 0.25) is 17.6 Å². The lowest BCUT2D eigenvalue weighted by Gasteiger charge is -2.40. The van der Waals surface area contributed by atoms with Gasteiger partial charge in [-0.25, -0.2) is 13.2 Å². The van der Waals surface area contributed by atoms with Crippen LogP contribution in [0.1, 0.15) is 86.5 Å². The second-order valence-electron chi connectivity index (χ2n) is 15.0. The highest BCUT2D eigenvalue weighted by Crippen LogP contribution is 2.65. The molecule has 12 nitrogen and oxygen atoms in total. The Bertz CT molecular complexity index is 1390. The van der Waals surface area contributed by atoms with Gasteiger partial charge in [0.05, 0.1) is 17.3 Å². The number of Topliss-reactive ketones (excluding diaryl/α,β-unsaturated/α-hetero) is 1. The van der Waals surface area contributed by atoms with Crippen molar-refractivity contribution in [1.82, 2.24) is 26.2 Å². The van der Waals surface area contributed by atoms with Gasteiger partial charge in [0.1, 0.15) is 12.1 Å². The molecule has 2 aliphatic carbocycles. The molecule has 2 saturated carbocycles. The van der Waals surface area contributed by atoms with Gasteiger partial charge < -0.3 is 26.2 Å². The fourth-order valence-corrected chi connectivity index (χ4v) is 8.66. The van der Waals surface area contributed by atoms with Crippen LogP contribution in [0.25, 0.3) is 0 Å². The highest BCUT2D eigenvalue weighted by molar-refractivity contribution is 7.91. The average molecular weight is 676 g/mol. The van der Waals surface area contributed by atoms with Crippen LogP contribution in [-0.4, -0.2) is 91.1 Å². The van der Waals surface area contributed by atoms with E-state index < -0.39 is 68.5 Å². The van der Waals surface area contributed by atoms with E-state index in [1.165, 1.54) is 11.0 Å². The van der Waals surface area contributed by atoms with E-state index in [1.54, 1.807) is 27.7 Å². The van der Waals surface area contributed by atoms with E-state index in [1.807, 2.05) is 13.8 Å². The summed E-state index contributed by atoms with van der Waals surface area (Å²) in [6, 6.07) is -3.81. The Morgan fingerprint density at radius 3 is 2.28 bits per heavy atom. The fourth-order valence-electron chi connectivity index (χ4n) is 7.26. The summed E-state index contributed by atoms with van der Waals surface area (Å²) in [6.45, 7) is 14.9. The molecule has 1 aliphatic heterocycles. The number of piperidine rings is 1. The van der Waals surface area contributed by atoms with Gasteiger partial charge in [0.25, 0.3) is 5.91 Å². The first kappa shape index (κ1) is 38.1. The zero-order valence-electron chi connectivity index (χ0n) is 28.7. The number of carbonyl (C=O) groups is 5. The topological polar surface area (TPSA) is 171 Å². The van der Waals surface area contributed by atoms with Crippen molar-refractivity contribution in [3.8, 4) is 12.3 Å². The maximum absolute atomic E-state index is 14.3. The van der Waals surface area contributed by atoms with E-state index in [0.29, 0.717) is 12.8 Å². The number of urea groups is 1. The van der Waals surface area contributed by atoms with Gasteiger partial charge in [0.15, 0.2) is 9.84 Å². The molecular weight excluding hydrogens is 622 g/mol. The smallest absolute Gasteiger partial charge is 0.315 e. The molecule has 5 amide bonds. The van der Waals surface area contributed by atoms with Crippen LogP contribution in [0, 0.1) is 35.0 Å². The first-order valence-corrected chi connectivity index (χ1v) is 18.4. The summed E-state index contributed by atoms with van der Waals surface area (Å²) in [5.41, 5.74) is -1.94. The van der Waals surface area contributed by atoms with E-state index in [4.69, 9.17) is 6.42 Å². The third-order valence-corrected chi connectivity index (χ3v) is 12.0. The zero-order chi connectivity index (χ0) is 35.4. The lowest BCUT2D eigenvalue weighted by atomic mass is 9.83. The molecule has 1 heterocycles. The van der Waals surface area contributed by atoms with Crippen LogP contribution < -0.4 is 21.3 Å². The van der Waals surface area contributed by atoms with Gasteiger partial charge in [-0.1, -0.05) is 66.9 Å². The van der Waals surface area contributed by atoms with Crippen LogP contribution in [-0.2, 0) is 29.0 Å². The van der Waals surface area contributed by atoms with Gasteiger partial charge in [-0.2, -0.15) is 0 Å². The summed E-state index contributed by atoms with van der Waals surface area (Å²) in [5.74, 6) is -0.667. The van der Waals surface area contributed by atoms with Gasteiger partial charge in [0, 0.05) is 25.3 Å². The molecular formula is C34H53N5O7S. The molecule has 0 aromatic rings. The predicted molar refractivity (Wildman–Crippen MR) is 180 cm³/mol. The van der Waals surface area contributed by atoms with Crippen molar-refractivity contribution in [2.75, 3.05) is 24.6 Å². The van der Waals surface area contributed by atoms with Crippen LogP contribution in [0.5, 0.6) is 0 Å². The summed E-state index contributed by atoms with van der Waals surface area (Å²) in [5, 5.41) is 10.9.